The number of carbonyl (C=O) groups is 1. The number of nitrogens with two attached hydrogens (primary N) is 1. The standard InChI is InChI=1S/C16H16ClIN2O/c1-16(2,10-3-6-12(19)7-4-10)15(21)20-14-8-5-11(18)9-13(14)17/h3-9H,19H2,1-2H3,(H,20,21). The number of halogens is 2. The van der Waals surface area contributed by atoms with Crippen LogP contribution in [0.5, 0.6) is 0 Å². The molecule has 110 valence electrons. The molecule has 5 heteroatoms. The van der Waals surface area contributed by atoms with E-state index in [1.807, 2.05) is 38.1 Å². The van der Waals surface area contributed by atoms with Crippen molar-refractivity contribution in [2.75, 3.05) is 11.1 Å². The number of rotatable bonds is 3. The minimum atomic E-state index is -0.681. The minimum absolute atomic E-state index is 0.115. The van der Waals surface area contributed by atoms with Gasteiger partial charge in [0.25, 0.3) is 0 Å². The number of amides is 1. The van der Waals surface area contributed by atoms with E-state index in [-0.39, 0.29) is 5.91 Å². The van der Waals surface area contributed by atoms with E-state index < -0.39 is 5.41 Å². The zero-order valence-electron chi connectivity index (χ0n) is 11.8. The summed E-state index contributed by atoms with van der Waals surface area (Å²) in [7, 11) is 0. The van der Waals surface area contributed by atoms with Gasteiger partial charge in [-0.15, -0.1) is 0 Å². The van der Waals surface area contributed by atoms with Gasteiger partial charge in [-0.1, -0.05) is 23.7 Å². The summed E-state index contributed by atoms with van der Waals surface area (Å²) in [6, 6.07) is 12.8. The zero-order chi connectivity index (χ0) is 15.6. The second-order valence-corrected chi connectivity index (χ2v) is 6.98. The van der Waals surface area contributed by atoms with Gasteiger partial charge in [0.1, 0.15) is 0 Å². The Kier molecular flexibility index (Phi) is 4.78. The molecule has 0 fully saturated rings. The molecule has 0 aromatic heterocycles. The molecule has 2 rings (SSSR count). The normalized spacial score (nSPS) is 11.2. The Morgan fingerprint density at radius 2 is 1.81 bits per heavy atom. The number of benzene rings is 2. The molecule has 0 bridgehead atoms. The van der Waals surface area contributed by atoms with Gasteiger partial charge in [0.05, 0.1) is 16.1 Å². The Bertz CT molecular complexity index is 668. The Labute approximate surface area is 143 Å². The van der Waals surface area contributed by atoms with Crippen molar-refractivity contribution in [2.24, 2.45) is 0 Å². The highest BCUT2D eigenvalue weighted by Crippen LogP contribution is 2.29. The number of carbonyl (C=O) groups excluding carboxylic acids is 1. The molecule has 0 radical (unpaired) electrons. The van der Waals surface area contributed by atoms with Crippen LogP contribution in [0.25, 0.3) is 0 Å². The lowest BCUT2D eigenvalue weighted by molar-refractivity contribution is -0.120. The minimum Gasteiger partial charge on any atom is -0.399 e. The fourth-order valence-corrected chi connectivity index (χ4v) is 2.80. The fraction of sp³-hybridized carbons (Fsp3) is 0.188. The van der Waals surface area contributed by atoms with Crippen molar-refractivity contribution < 1.29 is 4.79 Å². The molecule has 0 saturated carbocycles. The summed E-state index contributed by atoms with van der Waals surface area (Å²) >= 11 is 8.33. The van der Waals surface area contributed by atoms with Crippen molar-refractivity contribution >= 4 is 51.5 Å². The van der Waals surface area contributed by atoms with E-state index in [1.165, 1.54) is 0 Å². The van der Waals surface area contributed by atoms with Crippen LogP contribution in [-0.2, 0) is 10.2 Å². The number of nitrogens with one attached hydrogen (secondary N) is 1. The molecule has 21 heavy (non-hydrogen) atoms. The highest BCUT2D eigenvalue weighted by Gasteiger charge is 2.30. The highest BCUT2D eigenvalue weighted by atomic mass is 127. The average Bonchev–Trinajstić information content (AvgIpc) is 2.42. The van der Waals surface area contributed by atoms with Crippen LogP contribution >= 0.6 is 34.2 Å². The first-order chi connectivity index (χ1) is 9.80. The van der Waals surface area contributed by atoms with Crippen LogP contribution in [0.2, 0.25) is 5.02 Å². The van der Waals surface area contributed by atoms with Crippen LogP contribution in [0.15, 0.2) is 42.5 Å². The molecule has 1 amide bonds. The molecule has 0 saturated heterocycles. The van der Waals surface area contributed by atoms with Gasteiger partial charge in [-0.05, 0) is 72.3 Å². The first kappa shape index (κ1) is 16.1. The molecule has 2 aromatic rings. The predicted molar refractivity (Wildman–Crippen MR) is 96.7 cm³/mol. The maximum atomic E-state index is 12.6. The maximum absolute atomic E-state index is 12.6. The summed E-state index contributed by atoms with van der Waals surface area (Å²) in [6.45, 7) is 3.74. The first-order valence-electron chi connectivity index (χ1n) is 6.43. The molecular weight excluding hydrogens is 399 g/mol. The van der Waals surface area contributed by atoms with Crippen molar-refractivity contribution in [3.8, 4) is 0 Å². The summed E-state index contributed by atoms with van der Waals surface area (Å²) in [5, 5.41) is 3.42. The summed E-state index contributed by atoms with van der Waals surface area (Å²) in [4.78, 5) is 12.6. The van der Waals surface area contributed by atoms with Gasteiger partial charge in [0.2, 0.25) is 5.91 Å². The van der Waals surface area contributed by atoms with Gasteiger partial charge in [-0.25, -0.2) is 0 Å². The second-order valence-electron chi connectivity index (χ2n) is 5.33. The van der Waals surface area contributed by atoms with Crippen molar-refractivity contribution in [2.45, 2.75) is 19.3 Å². The Hall–Kier alpha value is -1.27. The lowest BCUT2D eigenvalue weighted by Crippen LogP contribution is -2.34. The first-order valence-corrected chi connectivity index (χ1v) is 7.89. The molecule has 0 aliphatic rings. The van der Waals surface area contributed by atoms with Crippen molar-refractivity contribution in [3.63, 3.8) is 0 Å². The molecule has 0 aliphatic carbocycles. The van der Waals surface area contributed by atoms with E-state index in [0.29, 0.717) is 16.4 Å². The van der Waals surface area contributed by atoms with Crippen LogP contribution in [0.4, 0.5) is 11.4 Å². The van der Waals surface area contributed by atoms with Crippen LogP contribution in [0, 0.1) is 3.57 Å². The number of anilines is 2. The smallest absolute Gasteiger partial charge is 0.234 e. The van der Waals surface area contributed by atoms with E-state index in [4.69, 9.17) is 17.3 Å². The molecule has 3 N–H and O–H groups in total. The van der Waals surface area contributed by atoms with E-state index in [2.05, 4.69) is 27.9 Å². The third kappa shape index (κ3) is 3.68. The monoisotopic (exact) mass is 414 g/mol. The fourth-order valence-electron chi connectivity index (χ4n) is 1.90. The second kappa shape index (κ2) is 6.23. The number of hydrogen-bond acceptors (Lipinski definition) is 2. The third-order valence-corrected chi connectivity index (χ3v) is 4.36. The molecule has 0 atom stereocenters. The molecule has 2 aromatic carbocycles. The van der Waals surface area contributed by atoms with E-state index in [0.717, 1.165) is 9.13 Å². The van der Waals surface area contributed by atoms with E-state index in [1.54, 1.807) is 18.2 Å². The van der Waals surface area contributed by atoms with Crippen molar-refractivity contribution in [3.05, 3.63) is 56.6 Å². The topological polar surface area (TPSA) is 55.1 Å². The van der Waals surface area contributed by atoms with Crippen molar-refractivity contribution in [1.82, 2.24) is 0 Å². The number of nitrogen functional groups attached to an aromatic ring is 1. The van der Waals surface area contributed by atoms with Crippen molar-refractivity contribution in [1.29, 1.82) is 0 Å². The highest BCUT2D eigenvalue weighted by molar-refractivity contribution is 14.1. The lowest BCUT2D eigenvalue weighted by Gasteiger charge is -2.24. The van der Waals surface area contributed by atoms with Crippen LogP contribution < -0.4 is 11.1 Å². The molecular formula is C16H16ClIN2O. The van der Waals surface area contributed by atoms with Gasteiger partial charge in [-0.2, -0.15) is 0 Å². The largest absolute Gasteiger partial charge is 0.399 e. The summed E-state index contributed by atoms with van der Waals surface area (Å²) in [5.74, 6) is -0.115. The molecule has 0 heterocycles. The summed E-state index contributed by atoms with van der Waals surface area (Å²) in [5.41, 5.74) is 7.20. The van der Waals surface area contributed by atoms with Crippen LogP contribution in [0.3, 0.4) is 0 Å². The zero-order valence-corrected chi connectivity index (χ0v) is 14.7. The lowest BCUT2D eigenvalue weighted by atomic mass is 9.83. The Balaban J connectivity index is 2.24. The van der Waals surface area contributed by atoms with Gasteiger partial charge in [-0.3, -0.25) is 4.79 Å². The van der Waals surface area contributed by atoms with E-state index in [9.17, 15) is 4.79 Å². The third-order valence-electron chi connectivity index (χ3n) is 3.38. The van der Waals surface area contributed by atoms with Gasteiger partial charge in [0, 0.05) is 9.26 Å². The average molecular weight is 415 g/mol. The van der Waals surface area contributed by atoms with Gasteiger partial charge in [0.15, 0.2) is 0 Å². The SMILES string of the molecule is CC(C)(C(=O)Nc1ccc(I)cc1Cl)c1ccc(N)cc1. The maximum Gasteiger partial charge on any atom is 0.234 e. The van der Waals surface area contributed by atoms with E-state index >= 15 is 0 Å². The van der Waals surface area contributed by atoms with Crippen LogP contribution in [0.1, 0.15) is 19.4 Å². The molecule has 0 spiro atoms. The molecule has 0 aliphatic heterocycles. The quantitative estimate of drug-likeness (QED) is 0.576. The molecule has 0 unspecified atom stereocenters. The predicted octanol–water partition coefficient (Wildman–Crippen LogP) is 4.44. The summed E-state index contributed by atoms with van der Waals surface area (Å²) in [6.07, 6.45) is 0. The van der Waals surface area contributed by atoms with Crippen LogP contribution in [-0.4, -0.2) is 5.91 Å². The Morgan fingerprint density at radius 1 is 1.19 bits per heavy atom. The Morgan fingerprint density at radius 3 is 2.38 bits per heavy atom. The molecule has 3 nitrogen and oxygen atoms in total. The van der Waals surface area contributed by atoms with Gasteiger partial charge < -0.3 is 11.1 Å². The summed E-state index contributed by atoms with van der Waals surface area (Å²) < 4.78 is 1.02. The van der Waals surface area contributed by atoms with Gasteiger partial charge >= 0.3 is 0 Å². The number of hydrogen-bond donors (Lipinski definition) is 2.